The fourth-order valence-electron chi connectivity index (χ4n) is 3.15. The van der Waals surface area contributed by atoms with E-state index in [1.807, 2.05) is 35.2 Å². The molecule has 1 aliphatic rings. The molecule has 1 aromatic rings. The van der Waals surface area contributed by atoms with Crippen LogP contribution in [0.4, 0.5) is 0 Å². The summed E-state index contributed by atoms with van der Waals surface area (Å²) >= 11 is 0. The zero-order valence-corrected chi connectivity index (χ0v) is 13.4. The molecule has 120 valence electrons. The summed E-state index contributed by atoms with van der Waals surface area (Å²) in [5.41, 5.74) is 1.01. The van der Waals surface area contributed by atoms with Gasteiger partial charge in [0.05, 0.1) is 6.42 Å². The van der Waals surface area contributed by atoms with Gasteiger partial charge in [0.25, 0.3) is 0 Å². The molecule has 1 fully saturated rings. The monoisotopic (exact) mass is 302 g/mol. The smallest absolute Gasteiger partial charge is 0.224 e. The second kappa shape index (κ2) is 8.57. The average Bonchev–Trinajstić information content (AvgIpc) is 2.53. The predicted octanol–water partition coefficient (Wildman–Crippen LogP) is 2.53. The molecule has 4 heteroatoms. The lowest BCUT2D eigenvalue weighted by Crippen LogP contribution is -2.44. The van der Waals surface area contributed by atoms with E-state index in [4.69, 9.17) is 0 Å². The predicted molar refractivity (Wildman–Crippen MR) is 87.4 cm³/mol. The lowest BCUT2D eigenvalue weighted by Gasteiger charge is -2.33. The van der Waals surface area contributed by atoms with E-state index in [1.54, 1.807) is 6.92 Å². The van der Waals surface area contributed by atoms with Crippen molar-refractivity contribution in [2.24, 2.45) is 0 Å². The van der Waals surface area contributed by atoms with Crippen LogP contribution in [0, 0.1) is 0 Å². The number of rotatable bonds is 6. The van der Waals surface area contributed by atoms with Gasteiger partial charge >= 0.3 is 0 Å². The van der Waals surface area contributed by atoms with Crippen LogP contribution in [0.2, 0.25) is 0 Å². The molecular weight excluding hydrogens is 276 g/mol. The molecule has 0 heterocycles. The Morgan fingerprint density at radius 2 is 1.82 bits per heavy atom. The van der Waals surface area contributed by atoms with Crippen molar-refractivity contribution < 1.29 is 9.59 Å². The fourth-order valence-corrected chi connectivity index (χ4v) is 3.15. The molecule has 0 atom stereocenters. The van der Waals surface area contributed by atoms with E-state index < -0.39 is 0 Å². The van der Waals surface area contributed by atoms with E-state index >= 15 is 0 Å². The van der Waals surface area contributed by atoms with Gasteiger partial charge in [0, 0.05) is 26.1 Å². The van der Waals surface area contributed by atoms with E-state index in [0.717, 1.165) is 18.4 Å². The molecule has 0 aliphatic heterocycles. The van der Waals surface area contributed by atoms with Crippen LogP contribution < -0.4 is 5.32 Å². The highest BCUT2D eigenvalue weighted by molar-refractivity contribution is 5.78. The quantitative estimate of drug-likeness (QED) is 0.878. The average molecular weight is 302 g/mol. The molecular formula is C18H26N2O2. The molecule has 22 heavy (non-hydrogen) atoms. The molecule has 0 radical (unpaired) electrons. The Balaban J connectivity index is 1.75. The number of benzene rings is 1. The van der Waals surface area contributed by atoms with Crippen molar-refractivity contribution in [2.45, 2.75) is 51.5 Å². The summed E-state index contributed by atoms with van der Waals surface area (Å²) in [6.07, 6.45) is 6.26. The summed E-state index contributed by atoms with van der Waals surface area (Å²) in [4.78, 5) is 25.7. The summed E-state index contributed by atoms with van der Waals surface area (Å²) in [6, 6.07) is 10.1. The van der Waals surface area contributed by atoms with Crippen molar-refractivity contribution in [3.05, 3.63) is 35.9 Å². The lowest BCUT2D eigenvalue weighted by atomic mass is 9.94. The Bertz CT molecular complexity index is 481. The first-order valence-electron chi connectivity index (χ1n) is 8.24. The van der Waals surface area contributed by atoms with Gasteiger partial charge < -0.3 is 10.2 Å². The Hall–Kier alpha value is -1.84. The maximum atomic E-state index is 11.9. The summed E-state index contributed by atoms with van der Waals surface area (Å²) in [6.45, 7) is 2.77. The van der Waals surface area contributed by atoms with Crippen molar-refractivity contribution >= 4 is 11.8 Å². The van der Waals surface area contributed by atoms with Crippen LogP contribution in [0.25, 0.3) is 0 Å². The molecule has 1 aromatic carbocycles. The van der Waals surface area contributed by atoms with Crippen LogP contribution in [-0.4, -0.2) is 35.8 Å². The molecule has 0 bridgehead atoms. The molecule has 0 saturated heterocycles. The Kier molecular flexibility index (Phi) is 6.44. The topological polar surface area (TPSA) is 49.4 Å². The summed E-state index contributed by atoms with van der Waals surface area (Å²) in [7, 11) is 0. The van der Waals surface area contributed by atoms with Gasteiger partial charge in [-0.15, -0.1) is 0 Å². The zero-order chi connectivity index (χ0) is 15.8. The molecule has 2 amide bonds. The normalized spacial score (nSPS) is 15.3. The number of carbonyl (C=O) groups excluding carboxylic acids is 2. The van der Waals surface area contributed by atoms with Gasteiger partial charge in [-0.25, -0.2) is 0 Å². The van der Waals surface area contributed by atoms with Crippen LogP contribution in [-0.2, 0) is 16.0 Å². The Morgan fingerprint density at radius 1 is 1.14 bits per heavy atom. The summed E-state index contributed by atoms with van der Waals surface area (Å²) in [5.74, 6) is 0.127. The first-order valence-corrected chi connectivity index (χ1v) is 8.24. The number of carbonyl (C=O) groups is 2. The van der Waals surface area contributed by atoms with Crippen molar-refractivity contribution in [1.29, 1.82) is 0 Å². The first-order chi connectivity index (χ1) is 10.7. The van der Waals surface area contributed by atoms with Crippen LogP contribution in [0.3, 0.4) is 0 Å². The maximum absolute atomic E-state index is 11.9. The van der Waals surface area contributed by atoms with Crippen molar-refractivity contribution in [2.75, 3.05) is 13.1 Å². The van der Waals surface area contributed by atoms with Gasteiger partial charge in [-0.3, -0.25) is 9.59 Å². The Morgan fingerprint density at radius 3 is 2.45 bits per heavy atom. The molecule has 1 N–H and O–H groups in total. The third-order valence-corrected chi connectivity index (χ3v) is 4.30. The molecule has 1 saturated carbocycles. The molecule has 2 rings (SSSR count). The SMILES string of the molecule is CC(=O)N(CCNC(=O)Cc1ccccc1)C1CCCCC1. The van der Waals surface area contributed by atoms with E-state index in [2.05, 4.69) is 5.32 Å². The van der Waals surface area contributed by atoms with E-state index in [1.165, 1.54) is 19.3 Å². The lowest BCUT2D eigenvalue weighted by molar-refractivity contribution is -0.132. The second-order valence-corrected chi connectivity index (χ2v) is 6.02. The Labute approximate surface area is 132 Å². The summed E-state index contributed by atoms with van der Waals surface area (Å²) in [5, 5.41) is 2.92. The minimum Gasteiger partial charge on any atom is -0.354 e. The van der Waals surface area contributed by atoms with Crippen molar-refractivity contribution in [1.82, 2.24) is 10.2 Å². The summed E-state index contributed by atoms with van der Waals surface area (Å²) < 4.78 is 0. The largest absolute Gasteiger partial charge is 0.354 e. The maximum Gasteiger partial charge on any atom is 0.224 e. The van der Waals surface area contributed by atoms with Gasteiger partial charge in [0.2, 0.25) is 11.8 Å². The zero-order valence-electron chi connectivity index (χ0n) is 13.4. The second-order valence-electron chi connectivity index (χ2n) is 6.02. The van der Waals surface area contributed by atoms with Crippen LogP contribution >= 0.6 is 0 Å². The highest BCUT2D eigenvalue weighted by Gasteiger charge is 2.22. The third-order valence-electron chi connectivity index (χ3n) is 4.30. The van der Waals surface area contributed by atoms with Crippen LogP contribution in [0.15, 0.2) is 30.3 Å². The van der Waals surface area contributed by atoms with Crippen molar-refractivity contribution in [3.8, 4) is 0 Å². The molecule has 4 nitrogen and oxygen atoms in total. The third kappa shape index (κ3) is 5.17. The minimum atomic E-state index is 0.0124. The number of nitrogens with zero attached hydrogens (tertiary/aromatic N) is 1. The number of hydrogen-bond acceptors (Lipinski definition) is 2. The standard InChI is InChI=1S/C18H26N2O2/c1-15(21)20(17-10-6-3-7-11-17)13-12-19-18(22)14-16-8-4-2-5-9-16/h2,4-5,8-9,17H,3,6-7,10-14H2,1H3,(H,19,22). The van der Waals surface area contributed by atoms with E-state index in [-0.39, 0.29) is 11.8 Å². The van der Waals surface area contributed by atoms with Gasteiger partial charge in [-0.1, -0.05) is 49.6 Å². The molecule has 0 aromatic heterocycles. The van der Waals surface area contributed by atoms with Crippen LogP contribution in [0.5, 0.6) is 0 Å². The number of nitrogens with one attached hydrogen (secondary N) is 1. The van der Waals surface area contributed by atoms with Crippen LogP contribution in [0.1, 0.15) is 44.6 Å². The highest BCUT2D eigenvalue weighted by atomic mass is 16.2. The fraction of sp³-hybridized carbons (Fsp3) is 0.556. The first kappa shape index (κ1) is 16.5. The van der Waals surface area contributed by atoms with E-state index in [0.29, 0.717) is 25.6 Å². The molecule has 0 spiro atoms. The van der Waals surface area contributed by atoms with Crippen molar-refractivity contribution in [3.63, 3.8) is 0 Å². The van der Waals surface area contributed by atoms with E-state index in [9.17, 15) is 9.59 Å². The molecule has 1 aliphatic carbocycles. The minimum absolute atomic E-state index is 0.0124. The van der Waals surface area contributed by atoms with Gasteiger partial charge in [0.1, 0.15) is 0 Å². The van der Waals surface area contributed by atoms with Gasteiger partial charge in [-0.05, 0) is 18.4 Å². The number of hydrogen-bond donors (Lipinski definition) is 1. The molecule has 0 unspecified atom stereocenters. The van der Waals surface area contributed by atoms with Gasteiger partial charge in [0.15, 0.2) is 0 Å². The number of amides is 2. The highest BCUT2D eigenvalue weighted by Crippen LogP contribution is 2.22. The van der Waals surface area contributed by atoms with Gasteiger partial charge in [-0.2, -0.15) is 0 Å².